The van der Waals surface area contributed by atoms with Crippen molar-refractivity contribution in [1.82, 2.24) is 9.88 Å². The number of nitrogens with zero attached hydrogens (tertiary/aromatic N) is 4. The highest BCUT2D eigenvalue weighted by Gasteiger charge is 2.27. The second-order valence-corrected chi connectivity index (χ2v) is 8.52. The second kappa shape index (κ2) is 8.15. The number of hydrogen-bond donors (Lipinski definition) is 0. The molecule has 1 aromatic carbocycles. The first-order valence-electron chi connectivity index (χ1n) is 11.0. The molecule has 5 heteroatoms. The first kappa shape index (κ1) is 18.6. The van der Waals surface area contributed by atoms with E-state index in [0.717, 1.165) is 40.9 Å². The van der Waals surface area contributed by atoms with Crippen molar-refractivity contribution in [1.29, 1.82) is 0 Å². The topological polar surface area (TPSA) is 41.0 Å². The van der Waals surface area contributed by atoms with E-state index in [1.807, 2.05) is 12.3 Å². The third kappa shape index (κ3) is 4.01. The average Bonchev–Trinajstić information content (AvgIpc) is 3.29. The van der Waals surface area contributed by atoms with Crippen molar-refractivity contribution in [2.45, 2.75) is 63.8 Å². The third-order valence-electron chi connectivity index (χ3n) is 6.59. The molecule has 0 bridgehead atoms. The number of likely N-dealkylation sites (tertiary alicyclic amines) is 1. The zero-order valence-corrected chi connectivity index (χ0v) is 17.2. The Morgan fingerprint density at radius 3 is 2.48 bits per heavy atom. The lowest BCUT2D eigenvalue weighted by atomic mass is 10.0. The molecule has 5 rings (SSSR count). The van der Waals surface area contributed by atoms with Crippen LogP contribution in [0.4, 0.5) is 5.69 Å². The van der Waals surface area contributed by atoms with Gasteiger partial charge in [0.15, 0.2) is 0 Å². The smallest absolute Gasteiger partial charge is 0.122 e. The van der Waals surface area contributed by atoms with Crippen LogP contribution in [0, 0.1) is 0 Å². The molecule has 0 spiro atoms. The van der Waals surface area contributed by atoms with Gasteiger partial charge in [0.1, 0.15) is 18.0 Å². The summed E-state index contributed by atoms with van der Waals surface area (Å²) in [5, 5.41) is 2.06. The fourth-order valence-corrected chi connectivity index (χ4v) is 4.95. The lowest BCUT2D eigenvalue weighted by Crippen LogP contribution is -2.43. The Morgan fingerprint density at radius 1 is 0.966 bits per heavy atom. The monoisotopic (exact) mass is 390 g/mol. The Kier molecular flexibility index (Phi) is 5.23. The number of piperidine rings is 1. The van der Waals surface area contributed by atoms with Gasteiger partial charge in [-0.15, -0.1) is 0 Å². The number of pyridine rings is 1. The van der Waals surface area contributed by atoms with Gasteiger partial charge in [-0.2, -0.15) is 0 Å². The second-order valence-electron chi connectivity index (χ2n) is 8.52. The third-order valence-corrected chi connectivity index (χ3v) is 6.59. The number of ether oxygens (including phenoxy) is 1. The van der Waals surface area contributed by atoms with Crippen molar-refractivity contribution in [3.63, 3.8) is 0 Å². The van der Waals surface area contributed by atoms with Gasteiger partial charge in [0.2, 0.25) is 0 Å². The fraction of sp³-hybridized carbons (Fsp3) is 0.500. The Labute approximate surface area is 172 Å². The van der Waals surface area contributed by atoms with E-state index in [1.54, 1.807) is 6.20 Å². The molecule has 1 saturated carbocycles. The number of benzene rings is 1. The van der Waals surface area contributed by atoms with E-state index in [9.17, 15) is 0 Å². The Hall–Kier alpha value is -2.40. The molecule has 0 radical (unpaired) electrons. The van der Waals surface area contributed by atoms with Gasteiger partial charge in [0.05, 0.1) is 5.36 Å². The van der Waals surface area contributed by atoms with Gasteiger partial charge in [-0.3, -0.25) is 9.98 Å². The Bertz CT molecular complexity index is 944. The summed E-state index contributed by atoms with van der Waals surface area (Å²) >= 11 is 0. The highest BCUT2D eigenvalue weighted by molar-refractivity contribution is 5.60. The van der Waals surface area contributed by atoms with Gasteiger partial charge < -0.3 is 14.5 Å². The summed E-state index contributed by atoms with van der Waals surface area (Å²) in [6, 6.07) is 11.3. The minimum Gasteiger partial charge on any atom is -0.490 e. The molecular formula is C24H30N4O. The molecule has 1 saturated heterocycles. The summed E-state index contributed by atoms with van der Waals surface area (Å²) in [6.07, 6.45) is 14.1. The number of rotatable bonds is 4. The molecule has 152 valence electrons. The number of hydrogen-bond acceptors (Lipinski definition) is 5. The molecule has 2 fully saturated rings. The maximum Gasteiger partial charge on any atom is 0.122 e. The normalized spacial score (nSPS) is 23.3. The van der Waals surface area contributed by atoms with Gasteiger partial charge in [0.25, 0.3) is 0 Å². The molecule has 0 amide bonds. The van der Waals surface area contributed by atoms with Crippen LogP contribution in [0.2, 0.25) is 0 Å². The van der Waals surface area contributed by atoms with Crippen molar-refractivity contribution in [2.24, 2.45) is 4.99 Å². The van der Waals surface area contributed by atoms with Crippen LogP contribution in [0.5, 0.6) is 5.75 Å². The molecule has 0 N–H and O–H groups in total. The summed E-state index contributed by atoms with van der Waals surface area (Å²) in [5.74, 6) is 0.969. The summed E-state index contributed by atoms with van der Waals surface area (Å²) < 4.78 is 6.30. The van der Waals surface area contributed by atoms with Gasteiger partial charge >= 0.3 is 0 Å². The van der Waals surface area contributed by atoms with E-state index in [1.165, 1.54) is 38.8 Å². The van der Waals surface area contributed by atoms with Crippen molar-refractivity contribution in [3.05, 3.63) is 53.3 Å². The zero-order valence-electron chi connectivity index (χ0n) is 17.2. The van der Waals surface area contributed by atoms with Crippen LogP contribution in [0.1, 0.15) is 45.4 Å². The van der Waals surface area contributed by atoms with Crippen molar-refractivity contribution >= 4 is 11.9 Å². The molecule has 3 aliphatic rings. The van der Waals surface area contributed by atoms with E-state index in [4.69, 9.17) is 9.73 Å². The number of anilines is 1. The summed E-state index contributed by atoms with van der Waals surface area (Å²) in [5.41, 5.74) is 1.12. The van der Waals surface area contributed by atoms with Gasteiger partial charge in [-0.1, -0.05) is 12.8 Å². The van der Waals surface area contributed by atoms with Crippen LogP contribution in [-0.2, 0) is 0 Å². The maximum absolute atomic E-state index is 6.30. The molecule has 1 aromatic heterocycles. The van der Waals surface area contributed by atoms with Gasteiger partial charge in [0, 0.05) is 48.6 Å². The van der Waals surface area contributed by atoms with E-state index < -0.39 is 0 Å². The van der Waals surface area contributed by atoms with Crippen LogP contribution < -0.4 is 20.2 Å². The van der Waals surface area contributed by atoms with Crippen LogP contribution in [0.3, 0.4) is 0 Å². The highest BCUT2D eigenvalue weighted by atomic mass is 16.5. The molecular weight excluding hydrogens is 360 g/mol. The van der Waals surface area contributed by atoms with Crippen LogP contribution >= 0.6 is 0 Å². The van der Waals surface area contributed by atoms with E-state index in [2.05, 4.69) is 52.2 Å². The molecule has 1 atom stereocenters. The quantitative estimate of drug-likeness (QED) is 0.804. The maximum atomic E-state index is 6.30. The van der Waals surface area contributed by atoms with E-state index in [-0.39, 0.29) is 6.17 Å². The number of aromatic nitrogens is 1. The summed E-state index contributed by atoms with van der Waals surface area (Å²) in [6.45, 7) is 4.48. The SMILES string of the molecule is CC1N=c2ccncc2=CN1c1ccc(OC2CCN(C3CCCC3)CC2)cc1. The first-order valence-corrected chi connectivity index (χ1v) is 11.0. The molecule has 3 heterocycles. The Morgan fingerprint density at radius 2 is 1.72 bits per heavy atom. The van der Waals surface area contributed by atoms with Crippen LogP contribution in [0.25, 0.3) is 6.20 Å². The van der Waals surface area contributed by atoms with Gasteiger partial charge in [-0.05, 0) is 62.9 Å². The molecule has 2 aliphatic heterocycles. The lowest BCUT2D eigenvalue weighted by Gasteiger charge is -2.36. The van der Waals surface area contributed by atoms with Crippen molar-refractivity contribution in [3.8, 4) is 5.75 Å². The molecule has 2 aromatic rings. The first-order chi connectivity index (χ1) is 14.3. The highest BCUT2D eigenvalue weighted by Crippen LogP contribution is 2.28. The minimum atomic E-state index is 0.0663. The average molecular weight is 391 g/mol. The van der Waals surface area contributed by atoms with Gasteiger partial charge in [-0.25, -0.2) is 0 Å². The largest absolute Gasteiger partial charge is 0.490 e. The van der Waals surface area contributed by atoms with Crippen LogP contribution in [0.15, 0.2) is 47.7 Å². The lowest BCUT2D eigenvalue weighted by molar-refractivity contribution is 0.0768. The van der Waals surface area contributed by atoms with Crippen LogP contribution in [-0.4, -0.2) is 41.3 Å². The number of fused-ring (bicyclic) bond motifs is 1. The fourth-order valence-electron chi connectivity index (χ4n) is 4.95. The van der Waals surface area contributed by atoms with Crippen molar-refractivity contribution < 1.29 is 4.74 Å². The standard InChI is InChI=1S/C24H30N4O/c1-18-26-24-10-13-25-16-19(24)17-28(18)21-6-8-22(9-7-21)29-23-11-14-27(15-12-23)20-4-2-3-5-20/h6-10,13,16-18,20,23H,2-5,11-12,14-15H2,1H3. The predicted octanol–water partition coefficient (Wildman–Crippen LogP) is 3.09. The summed E-state index contributed by atoms with van der Waals surface area (Å²) in [4.78, 5) is 13.9. The summed E-state index contributed by atoms with van der Waals surface area (Å²) in [7, 11) is 0. The molecule has 1 unspecified atom stereocenters. The molecule has 5 nitrogen and oxygen atoms in total. The van der Waals surface area contributed by atoms with E-state index in [0.29, 0.717) is 6.10 Å². The minimum absolute atomic E-state index is 0.0663. The molecule has 1 aliphatic carbocycles. The predicted molar refractivity (Wildman–Crippen MR) is 115 cm³/mol. The molecule has 29 heavy (non-hydrogen) atoms. The zero-order chi connectivity index (χ0) is 19.6. The van der Waals surface area contributed by atoms with Crippen molar-refractivity contribution in [2.75, 3.05) is 18.0 Å². The van der Waals surface area contributed by atoms with E-state index >= 15 is 0 Å². The Balaban J connectivity index is 1.21.